The Hall–Kier alpha value is -1.51. The summed E-state index contributed by atoms with van der Waals surface area (Å²) in [6.07, 6.45) is 4.05. The van der Waals surface area contributed by atoms with E-state index in [0.717, 1.165) is 18.4 Å². The zero-order valence-electron chi connectivity index (χ0n) is 15.6. The van der Waals surface area contributed by atoms with Gasteiger partial charge in [-0.3, -0.25) is 4.79 Å². The van der Waals surface area contributed by atoms with Crippen LogP contribution in [0.2, 0.25) is 0 Å². The summed E-state index contributed by atoms with van der Waals surface area (Å²) in [4.78, 5) is 12.7. The van der Waals surface area contributed by atoms with Crippen LogP contribution in [0, 0.1) is 11.7 Å². The zero-order chi connectivity index (χ0) is 19.5. The number of ether oxygens (including phenoxy) is 1. The van der Waals surface area contributed by atoms with Crippen LogP contribution >= 0.6 is 0 Å². The molecule has 8 heteroatoms. The molecule has 0 radical (unpaired) electrons. The highest BCUT2D eigenvalue weighted by atomic mass is 32.2. The van der Waals surface area contributed by atoms with Gasteiger partial charge in [-0.05, 0) is 43.4 Å². The molecule has 1 atom stereocenters. The number of benzene rings is 1. The Morgan fingerprint density at radius 3 is 2.59 bits per heavy atom. The van der Waals surface area contributed by atoms with E-state index in [1.807, 2.05) is 0 Å². The summed E-state index contributed by atoms with van der Waals surface area (Å²) >= 11 is 0. The van der Waals surface area contributed by atoms with Gasteiger partial charge in [-0.25, -0.2) is 17.1 Å². The van der Waals surface area contributed by atoms with Crippen LogP contribution in [-0.2, 0) is 25.0 Å². The van der Waals surface area contributed by atoms with Gasteiger partial charge < -0.3 is 10.1 Å². The lowest BCUT2D eigenvalue weighted by molar-refractivity contribution is -0.126. The van der Waals surface area contributed by atoms with Crippen LogP contribution in [-0.4, -0.2) is 57.7 Å². The van der Waals surface area contributed by atoms with Crippen LogP contribution < -0.4 is 5.32 Å². The molecule has 2 heterocycles. The van der Waals surface area contributed by atoms with Crippen molar-refractivity contribution in [1.29, 1.82) is 0 Å². The Kier molecular flexibility index (Phi) is 6.18. The van der Waals surface area contributed by atoms with Crippen LogP contribution in [0.15, 0.2) is 24.3 Å². The van der Waals surface area contributed by atoms with Crippen molar-refractivity contribution in [2.75, 3.05) is 39.1 Å². The number of sulfonamides is 1. The molecule has 2 saturated heterocycles. The van der Waals surface area contributed by atoms with Gasteiger partial charge in [0.25, 0.3) is 0 Å². The molecule has 1 amide bonds. The molecule has 0 spiro atoms. The molecule has 3 rings (SSSR count). The molecule has 6 nitrogen and oxygen atoms in total. The molecule has 0 aromatic heterocycles. The maximum Gasteiger partial charge on any atom is 0.224 e. The molecule has 2 aliphatic rings. The number of hydrogen-bond donors (Lipinski definition) is 1. The van der Waals surface area contributed by atoms with E-state index in [1.54, 1.807) is 12.1 Å². The second-order valence-electron chi connectivity index (χ2n) is 7.58. The quantitative estimate of drug-likeness (QED) is 0.819. The van der Waals surface area contributed by atoms with E-state index >= 15 is 0 Å². The van der Waals surface area contributed by atoms with Gasteiger partial charge in [-0.2, -0.15) is 0 Å². The standard InChI is InChI=1S/C19H27FN2O4S/c1-27(24,25)22-10-2-3-15(13-22)18(23)21-14-19(8-11-26-12-9-19)16-4-6-17(20)7-5-16/h4-7,15H,2-3,8-14H2,1H3,(H,21,23). The van der Waals surface area contributed by atoms with E-state index < -0.39 is 10.0 Å². The number of carbonyl (C=O) groups is 1. The fourth-order valence-electron chi connectivity index (χ4n) is 3.99. The molecule has 1 unspecified atom stereocenters. The average Bonchev–Trinajstić information content (AvgIpc) is 2.67. The summed E-state index contributed by atoms with van der Waals surface area (Å²) in [5.41, 5.74) is 0.709. The third-order valence-electron chi connectivity index (χ3n) is 5.73. The average molecular weight is 399 g/mol. The lowest BCUT2D eigenvalue weighted by Gasteiger charge is -2.38. The monoisotopic (exact) mass is 398 g/mol. The summed E-state index contributed by atoms with van der Waals surface area (Å²) in [7, 11) is -3.29. The lowest BCUT2D eigenvalue weighted by atomic mass is 9.74. The smallest absolute Gasteiger partial charge is 0.224 e. The highest BCUT2D eigenvalue weighted by Crippen LogP contribution is 2.34. The van der Waals surface area contributed by atoms with Crippen LogP contribution in [0.4, 0.5) is 4.39 Å². The van der Waals surface area contributed by atoms with Crippen molar-refractivity contribution in [3.63, 3.8) is 0 Å². The van der Waals surface area contributed by atoms with Crippen LogP contribution in [0.5, 0.6) is 0 Å². The topological polar surface area (TPSA) is 75.7 Å². The summed E-state index contributed by atoms with van der Waals surface area (Å²) < 4.78 is 43.7. The van der Waals surface area contributed by atoms with Gasteiger partial charge in [0.05, 0.1) is 12.2 Å². The first-order chi connectivity index (χ1) is 12.8. The molecular formula is C19H27FN2O4S. The van der Waals surface area contributed by atoms with Crippen molar-refractivity contribution in [3.05, 3.63) is 35.6 Å². The van der Waals surface area contributed by atoms with E-state index in [4.69, 9.17) is 4.74 Å². The minimum atomic E-state index is -3.29. The van der Waals surface area contributed by atoms with E-state index in [-0.39, 0.29) is 29.6 Å². The molecule has 1 N–H and O–H groups in total. The lowest BCUT2D eigenvalue weighted by Crippen LogP contribution is -2.49. The Labute approximate surface area is 160 Å². The van der Waals surface area contributed by atoms with E-state index in [9.17, 15) is 17.6 Å². The Morgan fingerprint density at radius 2 is 1.96 bits per heavy atom. The highest BCUT2D eigenvalue weighted by molar-refractivity contribution is 7.88. The fraction of sp³-hybridized carbons (Fsp3) is 0.632. The minimum Gasteiger partial charge on any atom is -0.381 e. The number of rotatable bonds is 5. The van der Waals surface area contributed by atoms with Crippen LogP contribution in [0.3, 0.4) is 0 Å². The summed E-state index contributed by atoms with van der Waals surface area (Å²) in [5, 5.41) is 3.04. The maximum absolute atomic E-state index is 13.3. The first-order valence-electron chi connectivity index (χ1n) is 9.37. The number of piperidine rings is 1. The van der Waals surface area contributed by atoms with Crippen LogP contribution in [0.25, 0.3) is 0 Å². The van der Waals surface area contributed by atoms with Crippen LogP contribution in [0.1, 0.15) is 31.2 Å². The third kappa shape index (κ3) is 4.86. The molecule has 2 fully saturated rings. The molecule has 0 saturated carbocycles. The predicted molar refractivity (Wildman–Crippen MR) is 100 cm³/mol. The fourth-order valence-corrected chi connectivity index (χ4v) is 4.90. The van der Waals surface area contributed by atoms with E-state index in [0.29, 0.717) is 39.1 Å². The van der Waals surface area contributed by atoms with Gasteiger partial charge >= 0.3 is 0 Å². The van der Waals surface area contributed by atoms with Gasteiger partial charge in [0.15, 0.2) is 0 Å². The van der Waals surface area contributed by atoms with Gasteiger partial charge in [-0.1, -0.05) is 12.1 Å². The predicted octanol–water partition coefficient (Wildman–Crippen LogP) is 1.66. The Morgan fingerprint density at radius 1 is 1.30 bits per heavy atom. The van der Waals surface area contributed by atoms with Crippen molar-refractivity contribution >= 4 is 15.9 Å². The summed E-state index contributed by atoms with van der Waals surface area (Å²) in [5.74, 6) is -0.733. The van der Waals surface area contributed by atoms with E-state index in [1.165, 1.54) is 22.7 Å². The van der Waals surface area contributed by atoms with Gasteiger partial charge in [0.2, 0.25) is 15.9 Å². The molecule has 0 aliphatic carbocycles. The van der Waals surface area contributed by atoms with Crippen molar-refractivity contribution in [1.82, 2.24) is 9.62 Å². The summed E-state index contributed by atoms with van der Waals surface area (Å²) in [6, 6.07) is 6.44. The minimum absolute atomic E-state index is 0.115. The zero-order valence-corrected chi connectivity index (χ0v) is 16.4. The number of hydrogen-bond acceptors (Lipinski definition) is 4. The van der Waals surface area contributed by atoms with Gasteiger partial charge in [0, 0.05) is 38.3 Å². The second-order valence-corrected chi connectivity index (χ2v) is 9.56. The molecule has 0 bridgehead atoms. The SMILES string of the molecule is CS(=O)(=O)N1CCCC(C(=O)NCC2(c3ccc(F)cc3)CCOCC2)C1. The Balaban J connectivity index is 1.68. The first kappa shape index (κ1) is 20.2. The molecule has 27 heavy (non-hydrogen) atoms. The second kappa shape index (κ2) is 8.24. The Bertz CT molecular complexity index is 760. The molecule has 150 valence electrons. The normalized spacial score (nSPS) is 23.7. The number of amides is 1. The number of halogens is 1. The van der Waals surface area contributed by atoms with Gasteiger partial charge in [0.1, 0.15) is 5.82 Å². The highest BCUT2D eigenvalue weighted by Gasteiger charge is 2.36. The van der Waals surface area contributed by atoms with Crippen molar-refractivity contribution in [2.45, 2.75) is 31.1 Å². The third-order valence-corrected chi connectivity index (χ3v) is 7.00. The molecule has 1 aromatic rings. The van der Waals surface area contributed by atoms with E-state index in [2.05, 4.69) is 5.32 Å². The van der Waals surface area contributed by atoms with Crippen molar-refractivity contribution in [2.24, 2.45) is 5.92 Å². The largest absolute Gasteiger partial charge is 0.381 e. The number of nitrogens with zero attached hydrogens (tertiary/aromatic N) is 1. The van der Waals surface area contributed by atoms with Crippen molar-refractivity contribution in [3.8, 4) is 0 Å². The number of carbonyl (C=O) groups excluding carboxylic acids is 1. The van der Waals surface area contributed by atoms with Crippen molar-refractivity contribution < 1.29 is 22.3 Å². The molecule has 2 aliphatic heterocycles. The molecule has 1 aromatic carbocycles. The first-order valence-corrected chi connectivity index (χ1v) is 11.2. The number of nitrogens with one attached hydrogen (secondary N) is 1. The summed E-state index contributed by atoms with van der Waals surface area (Å²) in [6.45, 7) is 2.34. The molecular weight excluding hydrogens is 371 g/mol. The maximum atomic E-state index is 13.3. The van der Waals surface area contributed by atoms with Gasteiger partial charge in [-0.15, -0.1) is 0 Å².